The first-order valence-corrected chi connectivity index (χ1v) is 8.01. The molecule has 0 atom stereocenters. The maximum Gasteiger partial charge on any atom is 0.461 e. The van der Waals surface area contributed by atoms with E-state index < -0.39 is 35.5 Å². The predicted octanol–water partition coefficient (Wildman–Crippen LogP) is 3.84. The zero-order valence-electron chi connectivity index (χ0n) is 15.2. The smallest absolute Gasteiger partial charge is 0.459 e. The Bertz CT molecular complexity index is 893. The van der Waals surface area contributed by atoms with Crippen LogP contribution in [0.3, 0.4) is 0 Å². The minimum atomic E-state index is -4.64. The van der Waals surface area contributed by atoms with Crippen LogP contribution in [0.5, 0.6) is 5.75 Å². The van der Waals surface area contributed by atoms with Crippen LogP contribution in [-0.2, 0) is 10.2 Å². The van der Waals surface area contributed by atoms with Gasteiger partial charge < -0.3 is 20.2 Å². The fourth-order valence-corrected chi connectivity index (χ4v) is 2.33. The number of anilines is 1. The molecule has 3 N–H and O–H groups in total. The number of nitrogens with one attached hydrogen (secondary N) is 1. The number of carbonyl (C=O) groups excluding carboxylic acids is 2. The van der Waals surface area contributed by atoms with Gasteiger partial charge in [0.2, 0.25) is 5.91 Å². The molecule has 0 saturated heterocycles. The Morgan fingerprint density at radius 1 is 1.21 bits per heavy atom. The van der Waals surface area contributed by atoms with Crippen LogP contribution in [0, 0.1) is 6.92 Å². The zero-order valence-corrected chi connectivity index (χ0v) is 15.2. The van der Waals surface area contributed by atoms with Gasteiger partial charge in [-0.15, -0.1) is 0 Å². The number of benzene rings is 1. The number of aryl methyl sites for hydroxylation is 1. The first-order valence-electron chi connectivity index (χ1n) is 8.01. The van der Waals surface area contributed by atoms with Crippen LogP contribution in [0.1, 0.15) is 35.5 Å². The SMILES string of the molecule is Cc1cc(OC(F)(F)C(F)F)ccc1NC(=O)c1occc1C(C)(C)C(N)=O. The Labute approximate surface area is 157 Å². The summed E-state index contributed by atoms with van der Waals surface area (Å²) in [5.41, 5.74) is 4.93. The molecule has 0 aliphatic heterocycles. The lowest BCUT2D eigenvalue weighted by Crippen LogP contribution is -2.36. The Morgan fingerprint density at radius 2 is 1.86 bits per heavy atom. The highest BCUT2D eigenvalue weighted by molar-refractivity contribution is 6.05. The number of nitrogens with two attached hydrogens (primary N) is 1. The van der Waals surface area contributed by atoms with Gasteiger partial charge in [-0.2, -0.15) is 17.6 Å². The third-order valence-electron chi connectivity index (χ3n) is 4.11. The second kappa shape index (κ2) is 7.53. The van der Waals surface area contributed by atoms with Crippen LogP contribution >= 0.6 is 0 Å². The Balaban J connectivity index is 2.23. The minimum absolute atomic E-state index is 0.146. The molecule has 0 aliphatic carbocycles. The van der Waals surface area contributed by atoms with Gasteiger partial charge in [-0.05, 0) is 50.6 Å². The van der Waals surface area contributed by atoms with E-state index >= 15 is 0 Å². The van der Waals surface area contributed by atoms with Crippen molar-refractivity contribution >= 4 is 17.5 Å². The van der Waals surface area contributed by atoms with Crippen molar-refractivity contribution in [3.8, 4) is 5.75 Å². The van der Waals surface area contributed by atoms with Crippen molar-refractivity contribution in [1.29, 1.82) is 0 Å². The number of rotatable bonds is 7. The summed E-state index contributed by atoms with van der Waals surface area (Å²) < 4.78 is 59.6. The molecule has 6 nitrogen and oxygen atoms in total. The average Bonchev–Trinajstić information content (AvgIpc) is 3.07. The summed E-state index contributed by atoms with van der Waals surface area (Å²) >= 11 is 0. The van der Waals surface area contributed by atoms with Gasteiger partial charge in [0.05, 0.1) is 11.7 Å². The van der Waals surface area contributed by atoms with E-state index in [1.54, 1.807) is 0 Å². The third kappa shape index (κ3) is 4.26. The van der Waals surface area contributed by atoms with Crippen molar-refractivity contribution in [2.75, 3.05) is 5.32 Å². The molecule has 2 aromatic rings. The number of carbonyl (C=O) groups is 2. The van der Waals surface area contributed by atoms with Crippen LogP contribution in [-0.4, -0.2) is 24.3 Å². The van der Waals surface area contributed by atoms with E-state index in [0.717, 1.165) is 12.1 Å². The highest BCUT2D eigenvalue weighted by atomic mass is 19.3. The van der Waals surface area contributed by atoms with Crippen molar-refractivity contribution in [1.82, 2.24) is 0 Å². The van der Waals surface area contributed by atoms with E-state index in [1.165, 1.54) is 39.2 Å². The molecular formula is C18H18F4N2O4. The summed E-state index contributed by atoms with van der Waals surface area (Å²) in [4.78, 5) is 24.1. The van der Waals surface area contributed by atoms with Crippen LogP contribution in [0.15, 0.2) is 34.9 Å². The fraction of sp³-hybridized carbons (Fsp3) is 0.333. The second-order valence-corrected chi connectivity index (χ2v) is 6.55. The van der Waals surface area contributed by atoms with Gasteiger partial charge in [-0.3, -0.25) is 9.59 Å². The number of alkyl halides is 4. The summed E-state index contributed by atoms with van der Waals surface area (Å²) in [6, 6.07) is 4.74. The third-order valence-corrected chi connectivity index (χ3v) is 4.11. The van der Waals surface area contributed by atoms with Crippen LogP contribution in [0.25, 0.3) is 0 Å². The van der Waals surface area contributed by atoms with Crippen molar-refractivity contribution in [2.45, 2.75) is 38.7 Å². The van der Waals surface area contributed by atoms with E-state index in [4.69, 9.17) is 10.2 Å². The molecule has 10 heteroatoms. The van der Waals surface area contributed by atoms with Gasteiger partial charge in [0.25, 0.3) is 5.91 Å². The van der Waals surface area contributed by atoms with Crippen molar-refractivity contribution < 1.29 is 36.3 Å². The lowest BCUT2D eigenvalue weighted by molar-refractivity contribution is -0.253. The highest BCUT2D eigenvalue weighted by Crippen LogP contribution is 2.31. The molecule has 2 rings (SSSR count). The van der Waals surface area contributed by atoms with Crippen molar-refractivity contribution in [3.05, 3.63) is 47.4 Å². The Kier molecular flexibility index (Phi) is 5.72. The maximum absolute atomic E-state index is 13.0. The minimum Gasteiger partial charge on any atom is -0.459 e. The van der Waals surface area contributed by atoms with Crippen molar-refractivity contribution in [3.63, 3.8) is 0 Å². The van der Waals surface area contributed by atoms with E-state index in [2.05, 4.69) is 10.1 Å². The molecule has 0 radical (unpaired) electrons. The Morgan fingerprint density at radius 3 is 2.39 bits per heavy atom. The summed E-state index contributed by atoms with van der Waals surface area (Å²) in [5, 5.41) is 2.50. The number of hydrogen-bond acceptors (Lipinski definition) is 4. The van der Waals surface area contributed by atoms with Gasteiger partial charge >= 0.3 is 12.5 Å². The molecular weight excluding hydrogens is 384 g/mol. The molecule has 0 aliphatic rings. The van der Waals surface area contributed by atoms with Crippen LogP contribution < -0.4 is 15.8 Å². The largest absolute Gasteiger partial charge is 0.461 e. The van der Waals surface area contributed by atoms with Gasteiger partial charge in [0, 0.05) is 11.3 Å². The molecule has 0 bridgehead atoms. The van der Waals surface area contributed by atoms with E-state index in [0.29, 0.717) is 0 Å². The van der Waals surface area contributed by atoms with E-state index in [1.807, 2.05) is 0 Å². The number of amides is 2. The quantitative estimate of drug-likeness (QED) is 0.688. The number of hydrogen-bond donors (Lipinski definition) is 2. The summed E-state index contributed by atoms with van der Waals surface area (Å²) in [6.45, 7) is 4.51. The summed E-state index contributed by atoms with van der Waals surface area (Å²) in [7, 11) is 0. The average molecular weight is 402 g/mol. The van der Waals surface area contributed by atoms with Gasteiger partial charge in [-0.1, -0.05) is 0 Å². The number of furan rings is 1. The molecule has 1 aromatic heterocycles. The lowest BCUT2D eigenvalue weighted by Gasteiger charge is -2.20. The molecule has 1 heterocycles. The van der Waals surface area contributed by atoms with Crippen LogP contribution in [0.2, 0.25) is 0 Å². The molecule has 0 saturated carbocycles. The molecule has 0 fully saturated rings. The number of primary amides is 1. The monoisotopic (exact) mass is 402 g/mol. The maximum atomic E-state index is 13.0. The number of ether oxygens (including phenoxy) is 1. The van der Waals surface area contributed by atoms with E-state index in [-0.39, 0.29) is 22.6 Å². The molecule has 28 heavy (non-hydrogen) atoms. The first-order chi connectivity index (χ1) is 12.9. The zero-order chi connectivity index (χ0) is 21.3. The first kappa shape index (κ1) is 21.3. The topological polar surface area (TPSA) is 94.6 Å². The highest BCUT2D eigenvalue weighted by Gasteiger charge is 2.44. The van der Waals surface area contributed by atoms with Gasteiger partial charge in [0.15, 0.2) is 5.76 Å². The lowest BCUT2D eigenvalue weighted by atomic mass is 9.84. The second-order valence-electron chi connectivity index (χ2n) is 6.55. The molecule has 2 amide bonds. The van der Waals surface area contributed by atoms with Gasteiger partial charge in [0.1, 0.15) is 5.75 Å². The predicted molar refractivity (Wildman–Crippen MR) is 91.6 cm³/mol. The van der Waals surface area contributed by atoms with E-state index in [9.17, 15) is 27.2 Å². The molecule has 0 spiro atoms. The summed E-state index contributed by atoms with van der Waals surface area (Å²) in [5.74, 6) is -2.01. The normalized spacial score (nSPS) is 12.1. The Hall–Kier alpha value is -3.04. The summed E-state index contributed by atoms with van der Waals surface area (Å²) in [6.07, 6.45) is -7.40. The fourth-order valence-electron chi connectivity index (χ4n) is 2.33. The van der Waals surface area contributed by atoms with Gasteiger partial charge in [-0.25, -0.2) is 0 Å². The number of halogens is 4. The van der Waals surface area contributed by atoms with Crippen LogP contribution in [0.4, 0.5) is 23.2 Å². The molecule has 0 unspecified atom stereocenters. The van der Waals surface area contributed by atoms with Crippen molar-refractivity contribution in [2.24, 2.45) is 5.73 Å². The molecule has 152 valence electrons. The standard InChI is InChI=1S/C18H18F4N2O4/c1-9-8-10(28-18(21,22)15(19)20)4-5-12(9)24-14(25)13-11(6-7-27-13)17(2,3)16(23)26/h4-8,15H,1-3H3,(H2,23,26)(H,24,25). The molecule has 1 aromatic carbocycles.